The van der Waals surface area contributed by atoms with Gasteiger partial charge in [0, 0.05) is 67.9 Å². The topological polar surface area (TPSA) is 26.7 Å². The fraction of sp³-hybridized carbons (Fsp3) is 0.600. The molecule has 47 heavy (non-hydrogen) atoms. The SMILES string of the molecule is CC[C@@H]1C[N+]2(C)CC[C@@]34c5ccccc5N5/C=C6/[C@H]7C[C@H]8[C@@]9(CC[N+]8(C)C[C@H]7CCO)c7ccccc7N(/C=C(/[C@H]1C[C@@H]32)[C@H]54)[C@@H]69.[I-].[I-]. The molecule has 6 fully saturated rings. The quantitative estimate of drug-likeness (QED) is 0.336. The van der Waals surface area contributed by atoms with Gasteiger partial charge in [0.15, 0.2) is 0 Å². The van der Waals surface area contributed by atoms with Gasteiger partial charge >= 0.3 is 0 Å². The number of anilines is 2. The first-order valence-corrected chi connectivity index (χ1v) is 18.4. The summed E-state index contributed by atoms with van der Waals surface area (Å²) in [6.07, 6.45) is 13.0. The summed E-state index contributed by atoms with van der Waals surface area (Å²) >= 11 is 0. The van der Waals surface area contributed by atoms with Crippen LogP contribution in [0.5, 0.6) is 0 Å². The first kappa shape index (κ1) is 31.8. The van der Waals surface area contributed by atoms with Gasteiger partial charge in [0.25, 0.3) is 0 Å². The van der Waals surface area contributed by atoms with E-state index in [9.17, 15) is 5.11 Å². The molecule has 2 saturated carbocycles. The molecule has 12 atom stereocenters. The van der Waals surface area contributed by atoms with Gasteiger partial charge in [0.05, 0.1) is 63.2 Å². The van der Waals surface area contributed by atoms with Crippen molar-refractivity contribution in [2.45, 2.75) is 80.4 Å². The lowest BCUT2D eigenvalue weighted by atomic mass is 9.55. The van der Waals surface area contributed by atoms with E-state index in [-0.39, 0.29) is 58.8 Å². The summed E-state index contributed by atoms with van der Waals surface area (Å²) in [7, 11) is 5.19. The summed E-state index contributed by atoms with van der Waals surface area (Å²) in [4.78, 5) is 5.76. The molecule has 7 heterocycles. The molecule has 5 nitrogen and oxygen atoms in total. The molecular weight excluding hydrogens is 806 g/mol. The lowest BCUT2D eigenvalue weighted by molar-refractivity contribution is -0.933. The lowest BCUT2D eigenvalue weighted by Gasteiger charge is -2.60. The Morgan fingerprint density at radius 2 is 1.19 bits per heavy atom. The smallest absolute Gasteiger partial charge is 0.102 e. The van der Waals surface area contributed by atoms with Crippen LogP contribution in [0.25, 0.3) is 0 Å². The summed E-state index contributed by atoms with van der Waals surface area (Å²) in [5, 5.41) is 10.4. The van der Waals surface area contributed by atoms with Crippen LogP contribution in [0.15, 0.2) is 72.1 Å². The number of para-hydroxylation sites is 2. The molecule has 1 N–H and O–H groups in total. The van der Waals surface area contributed by atoms with Gasteiger partial charge in [0.1, 0.15) is 12.1 Å². The van der Waals surface area contributed by atoms with Crippen molar-refractivity contribution in [3.8, 4) is 0 Å². The number of aliphatic hydroxyl groups is 1. The highest BCUT2D eigenvalue weighted by atomic mass is 127. The molecule has 7 heteroatoms. The van der Waals surface area contributed by atoms with Crippen molar-refractivity contribution in [3.63, 3.8) is 0 Å². The lowest BCUT2D eigenvalue weighted by Crippen LogP contribution is -3.00. The maximum absolute atomic E-state index is 10.4. The van der Waals surface area contributed by atoms with Gasteiger partial charge in [0.2, 0.25) is 0 Å². The Morgan fingerprint density at radius 3 is 1.68 bits per heavy atom. The predicted octanol–water partition coefficient (Wildman–Crippen LogP) is -0.441. The van der Waals surface area contributed by atoms with Gasteiger partial charge in [-0.15, -0.1) is 0 Å². The Labute approximate surface area is 315 Å². The minimum absolute atomic E-state index is 0. The van der Waals surface area contributed by atoms with Crippen LogP contribution in [-0.2, 0) is 10.8 Å². The molecule has 4 saturated heterocycles. The average Bonchev–Trinajstić information content (AvgIpc) is 3.72. The van der Waals surface area contributed by atoms with Crippen LogP contribution in [0.4, 0.5) is 11.4 Å². The second kappa shape index (κ2) is 10.2. The zero-order valence-corrected chi connectivity index (χ0v) is 32.5. The predicted molar refractivity (Wildman–Crippen MR) is 179 cm³/mol. The number of fused-ring (bicyclic) bond motifs is 8. The minimum atomic E-state index is 0. The van der Waals surface area contributed by atoms with Gasteiger partial charge in [-0.05, 0) is 59.1 Å². The van der Waals surface area contributed by atoms with Crippen molar-refractivity contribution in [1.29, 1.82) is 0 Å². The molecular formula is C40H50I2N4O. The highest BCUT2D eigenvalue weighted by Gasteiger charge is 2.75. The number of rotatable bonds is 3. The zero-order valence-electron chi connectivity index (χ0n) is 28.2. The molecule has 2 aromatic carbocycles. The highest BCUT2D eigenvalue weighted by Crippen LogP contribution is 2.69. The minimum Gasteiger partial charge on any atom is -1.00 e. The zero-order chi connectivity index (χ0) is 30.1. The molecule has 4 bridgehead atoms. The van der Waals surface area contributed by atoms with E-state index in [0.29, 0.717) is 48.5 Å². The van der Waals surface area contributed by atoms with E-state index in [4.69, 9.17) is 0 Å². The summed E-state index contributed by atoms with van der Waals surface area (Å²) in [6.45, 7) is 7.91. The summed E-state index contributed by atoms with van der Waals surface area (Å²) < 4.78 is 2.47. The van der Waals surface area contributed by atoms with Crippen LogP contribution in [0, 0.1) is 23.7 Å². The molecule has 9 aliphatic rings. The third-order valence-electron chi connectivity index (χ3n) is 16.2. The number of hydrogen-bond acceptors (Lipinski definition) is 3. The molecule has 0 amide bonds. The standard InChI is InChI=1S/C40H50N4O.2HI/c1-4-25-23-43(2)16-14-39-31-9-5-8-12-34(31)42-22-30-28-20-36-40(15-17-44(36,3)24-26(28)13-18-45)32-10-6-7-11-33(32)41(38(30)40)21-29(37(39)42)27(25)19-35(39)43;;/h5-12,21-22,25-28,35-38,45H,4,13-20,23-24H2,1-3H3;2*1H/q+2;;/p-2/b29-21-,30-22-;;/t25-,26-,27+,28+,35+,36+,37+,38+,39-,40-,43?,44?;;/m1../s1. The fourth-order valence-electron chi connectivity index (χ4n) is 14.7. The largest absolute Gasteiger partial charge is 1.00 e. The number of likely N-dealkylation sites (N-methyl/N-ethyl adjacent to an activating group) is 2. The van der Waals surface area contributed by atoms with Gasteiger partial charge in [-0.3, -0.25) is 0 Å². The van der Waals surface area contributed by atoms with Crippen molar-refractivity contribution in [3.05, 3.63) is 83.2 Å². The molecule has 2 unspecified atom stereocenters. The first-order valence-electron chi connectivity index (χ1n) is 18.4. The van der Waals surface area contributed by atoms with E-state index >= 15 is 0 Å². The van der Waals surface area contributed by atoms with Crippen molar-refractivity contribution in [2.24, 2.45) is 23.7 Å². The van der Waals surface area contributed by atoms with E-state index in [1.807, 2.05) is 0 Å². The highest BCUT2D eigenvalue weighted by molar-refractivity contribution is 5.76. The Balaban J connectivity index is 0.00000151. The molecule has 2 aromatic rings. The number of aliphatic hydroxyl groups excluding tert-OH is 1. The summed E-state index contributed by atoms with van der Waals surface area (Å²) in [5.41, 5.74) is 10.1. The van der Waals surface area contributed by atoms with Crippen molar-refractivity contribution in [2.75, 3.05) is 56.7 Å². The third-order valence-corrected chi connectivity index (χ3v) is 16.2. The van der Waals surface area contributed by atoms with Crippen LogP contribution in [0.2, 0.25) is 0 Å². The van der Waals surface area contributed by atoms with Crippen LogP contribution >= 0.6 is 0 Å². The molecule has 250 valence electrons. The maximum Gasteiger partial charge on any atom is 0.102 e. The summed E-state index contributed by atoms with van der Waals surface area (Å²) in [6, 6.07) is 21.4. The third kappa shape index (κ3) is 3.48. The van der Waals surface area contributed by atoms with Crippen LogP contribution in [0.1, 0.15) is 56.6 Å². The van der Waals surface area contributed by atoms with E-state index in [0.717, 1.165) is 12.3 Å². The number of halogens is 2. The Hall–Kier alpha value is -1.14. The van der Waals surface area contributed by atoms with Gasteiger partial charge < -0.3 is 71.8 Å². The fourth-order valence-corrected chi connectivity index (χ4v) is 14.7. The average molecular weight is 857 g/mol. The van der Waals surface area contributed by atoms with Crippen LogP contribution in [-0.4, -0.2) is 85.1 Å². The van der Waals surface area contributed by atoms with Gasteiger partial charge in [-0.25, -0.2) is 0 Å². The molecule has 11 rings (SSSR count). The second-order valence-corrected chi connectivity index (χ2v) is 17.4. The van der Waals surface area contributed by atoms with E-state index in [1.54, 1.807) is 22.3 Å². The normalized spacial score (nSPS) is 48.7. The molecule has 0 radical (unpaired) electrons. The molecule has 2 spiro atoms. The van der Waals surface area contributed by atoms with Crippen LogP contribution in [0.3, 0.4) is 0 Å². The van der Waals surface area contributed by atoms with E-state index < -0.39 is 0 Å². The Morgan fingerprint density at radius 1 is 0.723 bits per heavy atom. The number of benzene rings is 2. The number of piperidine rings is 2. The van der Waals surface area contributed by atoms with Crippen molar-refractivity contribution >= 4 is 11.4 Å². The summed E-state index contributed by atoms with van der Waals surface area (Å²) in [5.74, 6) is 2.49. The van der Waals surface area contributed by atoms with Gasteiger partial charge in [-0.2, -0.15) is 0 Å². The van der Waals surface area contributed by atoms with Gasteiger partial charge in [-0.1, -0.05) is 43.3 Å². The second-order valence-electron chi connectivity index (χ2n) is 17.4. The number of hydrogen-bond donors (Lipinski definition) is 1. The number of nitrogens with zero attached hydrogens (tertiary/aromatic N) is 4. The van der Waals surface area contributed by atoms with E-state index in [1.165, 1.54) is 78.6 Å². The van der Waals surface area contributed by atoms with Crippen LogP contribution < -0.4 is 57.8 Å². The molecule has 0 aromatic heterocycles. The monoisotopic (exact) mass is 856 g/mol. The molecule has 2 aliphatic carbocycles. The number of quaternary nitrogens is 2. The van der Waals surface area contributed by atoms with Crippen molar-refractivity contribution < 1.29 is 62.0 Å². The van der Waals surface area contributed by atoms with E-state index in [2.05, 4.69) is 91.7 Å². The first-order chi connectivity index (χ1) is 21.9. The Bertz CT molecular complexity index is 1730. The van der Waals surface area contributed by atoms with Crippen molar-refractivity contribution in [1.82, 2.24) is 0 Å². The maximum atomic E-state index is 10.4. The molecule has 7 aliphatic heterocycles. The Kier molecular flexibility index (Phi) is 6.92.